The fourth-order valence-electron chi connectivity index (χ4n) is 1.86. The van der Waals surface area contributed by atoms with Crippen molar-refractivity contribution in [3.05, 3.63) is 0 Å². The zero-order valence-electron chi connectivity index (χ0n) is 10.1. The van der Waals surface area contributed by atoms with Gasteiger partial charge in [0.2, 0.25) is 0 Å². The van der Waals surface area contributed by atoms with Crippen LogP contribution in [0, 0.1) is 5.41 Å². The third-order valence-electron chi connectivity index (χ3n) is 2.97. The van der Waals surface area contributed by atoms with Gasteiger partial charge in [-0.25, -0.2) is 9.59 Å². The Morgan fingerprint density at radius 2 is 2.12 bits per heavy atom. The van der Waals surface area contributed by atoms with Crippen LogP contribution < -0.4 is 5.32 Å². The summed E-state index contributed by atoms with van der Waals surface area (Å²) in [7, 11) is 0. The molecule has 0 spiro atoms. The van der Waals surface area contributed by atoms with Gasteiger partial charge in [-0.3, -0.25) is 0 Å². The van der Waals surface area contributed by atoms with E-state index in [1.807, 2.05) is 0 Å². The first-order valence-corrected chi connectivity index (χ1v) is 5.64. The zero-order valence-corrected chi connectivity index (χ0v) is 10.1. The molecule has 92 valence electrons. The summed E-state index contributed by atoms with van der Waals surface area (Å²) < 4.78 is 0. The molecule has 1 aliphatic heterocycles. The molecule has 2 N–H and O–H groups in total. The summed E-state index contributed by atoms with van der Waals surface area (Å²) in [5.74, 6) is -0.977. The fourth-order valence-corrected chi connectivity index (χ4v) is 1.86. The van der Waals surface area contributed by atoms with Gasteiger partial charge in [-0.1, -0.05) is 20.8 Å². The van der Waals surface area contributed by atoms with Gasteiger partial charge in [0.1, 0.15) is 6.04 Å². The number of carbonyl (C=O) groups excluding carboxylic acids is 1. The van der Waals surface area contributed by atoms with Crippen LogP contribution in [-0.2, 0) is 4.79 Å². The van der Waals surface area contributed by atoms with Crippen molar-refractivity contribution in [2.24, 2.45) is 5.41 Å². The van der Waals surface area contributed by atoms with Crippen molar-refractivity contribution in [3.8, 4) is 0 Å². The lowest BCUT2D eigenvalue weighted by atomic mass is 9.93. The molecular weight excluding hydrogens is 208 g/mol. The number of hydrogen-bond donors (Lipinski definition) is 2. The SMILES string of the molecule is CCC(NC(=O)N1CCC(C)(C)C1)C(=O)O. The summed E-state index contributed by atoms with van der Waals surface area (Å²) in [4.78, 5) is 24.2. The molecule has 0 saturated carbocycles. The molecule has 5 heteroatoms. The van der Waals surface area contributed by atoms with Crippen molar-refractivity contribution in [1.82, 2.24) is 10.2 Å². The Morgan fingerprint density at radius 3 is 2.50 bits per heavy atom. The molecule has 0 aromatic heterocycles. The average Bonchev–Trinajstić information content (AvgIpc) is 2.54. The van der Waals surface area contributed by atoms with Crippen LogP contribution in [0.25, 0.3) is 0 Å². The van der Waals surface area contributed by atoms with Crippen molar-refractivity contribution < 1.29 is 14.7 Å². The number of amides is 2. The lowest BCUT2D eigenvalue weighted by molar-refractivity contribution is -0.139. The predicted molar refractivity (Wildman–Crippen MR) is 60.2 cm³/mol. The monoisotopic (exact) mass is 228 g/mol. The van der Waals surface area contributed by atoms with Crippen LogP contribution in [0.15, 0.2) is 0 Å². The number of aliphatic carboxylic acids is 1. The lowest BCUT2D eigenvalue weighted by Crippen LogP contribution is -2.47. The fraction of sp³-hybridized carbons (Fsp3) is 0.818. The predicted octanol–water partition coefficient (Wildman–Crippen LogP) is 1.29. The smallest absolute Gasteiger partial charge is 0.326 e. The van der Waals surface area contributed by atoms with Crippen molar-refractivity contribution in [3.63, 3.8) is 0 Å². The van der Waals surface area contributed by atoms with E-state index in [4.69, 9.17) is 5.11 Å². The van der Waals surface area contributed by atoms with Crippen LogP contribution in [0.3, 0.4) is 0 Å². The van der Waals surface area contributed by atoms with Crippen molar-refractivity contribution >= 4 is 12.0 Å². The van der Waals surface area contributed by atoms with Crippen LogP contribution in [0.2, 0.25) is 0 Å². The maximum atomic E-state index is 11.8. The minimum atomic E-state index is -0.977. The van der Waals surface area contributed by atoms with Crippen LogP contribution in [0.4, 0.5) is 4.79 Å². The lowest BCUT2D eigenvalue weighted by Gasteiger charge is -2.22. The molecule has 2 amide bonds. The number of likely N-dealkylation sites (tertiary alicyclic amines) is 1. The van der Waals surface area contributed by atoms with E-state index in [1.165, 1.54) is 0 Å². The van der Waals surface area contributed by atoms with E-state index in [0.29, 0.717) is 19.5 Å². The van der Waals surface area contributed by atoms with Gasteiger partial charge in [0.05, 0.1) is 0 Å². The van der Waals surface area contributed by atoms with Crippen LogP contribution in [-0.4, -0.2) is 41.1 Å². The Hall–Kier alpha value is -1.26. The summed E-state index contributed by atoms with van der Waals surface area (Å²) in [5, 5.41) is 11.4. The average molecular weight is 228 g/mol. The quantitative estimate of drug-likeness (QED) is 0.764. The molecule has 1 rings (SSSR count). The van der Waals surface area contributed by atoms with Gasteiger partial charge in [-0.05, 0) is 18.3 Å². The molecule has 1 unspecified atom stereocenters. The summed E-state index contributed by atoms with van der Waals surface area (Å²) in [5.41, 5.74) is 0.141. The van der Waals surface area contributed by atoms with Gasteiger partial charge in [-0.15, -0.1) is 0 Å². The molecule has 5 nitrogen and oxygen atoms in total. The van der Waals surface area contributed by atoms with Crippen LogP contribution in [0.5, 0.6) is 0 Å². The van der Waals surface area contributed by atoms with Gasteiger partial charge >= 0.3 is 12.0 Å². The number of urea groups is 1. The number of rotatable bonds is 3. The Kier molecular flexibility index (Phi) is 3.78. The normalized spacial score (nSPS) is 20.6. The molecule has 16 heavy (non-hydrogen) atoms. The van der Waals surface area contributed by atoms with E-state index in [9.17, 15) is 9.59 Å². The van der Waals surface area contributed by atoms with E-state index in [2.05, 4.69) is 19.2 Å². The molecule has 1 heterocycles. The third kappa shape index (κ3) is 3.12. The number of carboxylic acid groups (broad SMARTS) is 1. The van der Waals surface area contributed by atoms with Gasteiger partial charge in [-0.2, -0.15) is 0 Å². The Bertz CT molecular complexity index is 289. The first-order valence-electron chi connectivity index (χ1n) is 5.64. The Labute approximate surface area is 95.8 Å². The van der Waals surface area contributed by atoms with Gasteiger partial charge < -0.3 is 15.3 Å². The molecule has 1 atom stereocenters. The van der Waals surface area contributed by atoms with E-state index >= 15 is 0 Å². The number of nitrogens with one attached hydrogen (secondary N) is 1. The van der Waals surface area contributed by atoms with Gasteiger partial charge in [0.25, 0.3) is 0 Å². The minimum absolute atomic E-state index is 0.141. The molecule has 1 saturated heterocycles. The van der Waals surface area contributed by atoms with Crippen molar-refractivity contribution in [2.75, 3.05) is 13.1 Å². The topological polar surface area (TPSA) is 69.6 Å². The van der Waals surface area contributed by atoms with E-state index < -0.39 is 12.0 Å². The van der Waals surface area contributed by atoms with E-state index in [0.717, 1.165) is 6.42 Å². The van der Waals surface area contributed by atoms with Crippen molar-refractivity contribution in [1.29, 1.82) is 0 Å². The van der Waals surface area contributed by atoms with Gasteiger partial charge in [0, 0.05) is 13.1 Å². The number of nitrogens with zero attached hydrogens (tertiary/aromatic N) is 1. The minimum Gasteiger partial charge on any atom is -0.480 e. The molecule has 0 bridgehead atoms. The zero-order chi connectivity index (χ0) is 12.3. The number of carboxylic acids is 1. The first-order chi connectivity index (χ1) is 7.35. The highest BCUT2D eigenvalue weighted by molar-refractivity contribution is 5.82. The maximum Gasteiger partial charge on any atom is 0.326 e. The second kappa shape index (κ2) is 4.72. The highest BCUT2D eigenvalue weighted by Crippen LogP contribution is 2.28. The second-order valence-corrected chi connectivity index (χ2v) is 5.08. The number of hydrogen-bond acceptors (Lipinski definition) is 2. The number of carbonyl (C=O) groups is 2. The summed E-state index contributed by atoms with van der Waals surface area (Å²) in [6, 6.07) is -1.05. The van der Waals surface area contributed by atoms with E-state index in [-0.39, 0.29) is 11.4 Å². The highest BCUT2D eigenvalue weighted by atomic mass is 16.4. The molecular formula is C11H20N2O3. The van der Waals surface area contributed by atoms with Crippen LogP contribution >= 0.6 is 0 Å². The molecule has 0 radical (unpaired) electrons. The second-order valence-electron chi connectivity index (χ2n) is 5.08. The van der Waals surface area contributed by atoms with E-state index in [1.54, 1.807) is 11.8 Å². The molecule has 0 aromatic carbocycles. The Balaban J connectivity index is 2.50. The largest absolute Gasteiger partial charge is 0.480 e. The summed E-state index contributed by atoms with van der Waals surface area (Å²) in [6.45, 7) is 7.35. The van der Waals surface area contributed by atoms with Gasteiger partial charge in [0.15, 0.2) is 0 Å². The van der Waals surface area contributed by atoms with Crippen LogP contribution in [0.1, 0.15) is 33.6 Å². The standard InChI is InChI=1S/C11H20N2O3/c1-4-8(9(14)15)12-10(16)13-6-5-11(2,3)7-13/h8H,4-7H2,1-3H3,(H,12,16)(H,14,15). The van der Waals surface area contributed by atoms with Crippen molar-refractivity contribution in [2.45, 2.75) is 39.7 Å². The summed E-state index contributed by atoms with van der Waals surface area (Å²) >= 11 is 0. The maximum absolute atomic E-state index is 11.8. The molecule has 1 aliphatic rings. The highest BCUT2D eigenvalue weighted by Gasteiger charge is 2.33. The summed E-state index contributed by atoms with van der Waals surface area (Å²) in [6.07, 6.45) is 1.36. The first kappa shape index (κ1) is 12.8. The molecule has 1 fully saturated rings. The Morgan fingerprint density at radius 1 is 1.50 bits per heavy atom. The molecule has 0 aromatic rings. The third-order valence-corrected chi connectivity index (χ3v) is 2.97. The molecule has 0 aliphatic carbocycles.